The number of hydrogen-bond acceptors (Lipinski definition) is 8. The number of aryl methyl sites for hydroxylation is 1. The van der Waals surface area contributed by atoms with Crippen LogP contribution in [0.5, 0.6) is 5.75 Å². The van der Waals surface area contributed by atoms with Crippen molar-refractivity contribution in [2.45, 2.75) is 82.1 Å². The minimum absolute atomic E-state index is 0.0719. The van der Waals surface area contributed by atoms with Gasteiger partial charge in [-0.3, -0.25) is 9.69 Å². The van der Waals surface area contributed by atoms with E-state index in [4.69, 9.17) is 25.8 Å². The van der Waals surface area contributed by atoms with Crippen LogP contribution in [0.15, 0.2) is 48.6 Å². The van der Waals surface area contributed by atoms with Gasteiger partial charge in [0, 0.05) is 48.2 Å². The lowest BCUT2D eigenvalue weighted by Crippen LogP contribution is -2.50. The fourth-order valence-electron chi connectivity index (χ4n) is 8.72. The number of hydrogen-bond donors (Lipinski definition) is 1. The monoisotopic (exact) mass is 725 g/mol. The molecule has 50 heavy (non-hydrogen) atoms. The zero-order valence-electron chi connectivity index (χ0n) is 29.6. The van der Waals surface area contributed by atoms with Crippen molar-refractivity contribution in [3.05, 3.63) is 70.3 Å². The number of benzene rings is 2. The lowest BCUT2D eigenvalue weighted by molar-refractivity contribution is -0.0442. The molecule has 2 bridgehead atoms. The van der Waals surface area contributed by atoms with Gasteiger partial charge in [0.25, 0.3) is 5.91 Å². The number of carbonyl (C=O) groups is 1. The maximum Gasteiger partial charge on any atom is 0.264 e. The molecule has 0 aromatic heterocycles. The molecule has 11 heteroatoms. The van der Waals surface area contributed by atoms with Gasteiger partial charge in [-0.05, 0) is 112 Å². The lowest BCUT2D eigenvalue weighted by atomic mass is 9.68. The Morgan fingerprint density at radius 1 is 1.12 bits per heavy atom. The minimum Gasteiger partial charge on any atom is -0.490 e. The molecule has 7 rings (SSSR count). The number of anilines is 1. The second-order valence-corrected chi connectivity index (χ2v) is 17.9. The molecule has 3 heterocycles. The number of nitrogens with one attached hydrogen (secondary N) is 1. The Morgan fingerprint density at radius 2 is 1.98 bits per heavy atom. The molecule has 1 saturated heterocycles. The molecule has 1 amide bonds. The van der Waals surface area contributed by atoms with E-state index in [2.05, 4.69) is 45.7 Å². The number of amides is 1. The van der Waals surface area contributed by atoms with E-state index in [0.29, 0.717) is 48.8 Å². The van der Waals surface area contributed by atoms with Crippen molar-refractivity contribution < 1.29 is 27.4 Å². The van der Waals surface area contributed by atoms with Gasteiger partial charge in [0.15, 0.2) is 0 Å². The van der Waals surface area contributed by atoms with E-state index in [9.17, 15) is 13.2 Å². The number of morpholine rings is 1. The van der Waals surface area contributed by atoms with Crippen molar-refractivity contribution >= 4 is 33.2 Å². The molecule has 0 radical (unpaired) electrons. The topological polar surface area (TPSA) is 97.4 Å². The van der Waals surface area contributed by atoms with Gasteiger partial charge < -0.3 is 19.1 Å². The SMILES string of the molecule is C[C@@H]1[C@@H](C)C/C=C/[C@H](OCCN2CCOC[C@@H]2C)[C@@H]2CC[C@H]2CN2C[C@@]3(CCCc4cc(Cl)ccc43)COc3ccc(cc32)C(=O)NS1(=O)=O. The number of carbonyl (C=O) groups excluding carboxylic acids is 1. The first kappa shape index (κ1) is 35.8. The van der Waals surface area contributed by atoms with Crippen LogP contribution in [-0.4, -0.2) is 89.2 Å². The summed E-state index contributed by atoms with van der Waals surface area (Å²) in [5.74, 6) is 0.608. The standard InChI is InChI=1S/C39H52ClN3O6S/c1-26-6-4-8-36(48-19-17-42-16-18-47-23-27(42)2)33-12-9-31(33)22-43-24-39(15-5-7-29-20-32(40)11-13-34(29)39)25-49-37-14-10-30(21-35(37)43)38(44)41-50(45,46)28(26)3/h4,8,10-11,13-14,20-21,26-28,31,33,36H,5-7,9,12,15-19,22-25H2,1-3H3,(H,41,44)/b8-4+/t26-,27-,28+,31-,33+,36-,39-/m0/s1. The van der Waals surface area contributed by atoms with E-state index in [1.54, 1.807) is 13.0 Å². The van der Waals surface area contributed by atoms with Crippen molar-refractivity contribution in [1.82, 2.24) is 9.62 Å². The van der Waals surface area contributed by atoms with Crippen LogP contribution in [-0.2, 0) is 31.3 Å². The number of fused-ring (bicyclic) bond motifs is 4. The Morgan fingerprint density at radius 3 is 2.78 bits per heavy atom. The smallest absolute Gasteiger partial charge is 0.264 e. The van der Waals surface area contributed by atoms with Crippen LogP contribution in [0.4, 0.5) is 5.69 Å². The maximum absolute atomic E-state index is 13.5. The molecule has 3 aliphatic heterocycles. The Bertz CT molecular complexity index is 1700. The molecule has 1 saturated carbocycles. The van der Waals surface area contributed by atoms with E-state index >= 15 is 0 Å². The highest BCUT2D eigenvalue weighted by Crippen LogP contribution is 2.47. The zero-order chi connectivity index (χ0) is 35.0. The fraction of sp³-hybridized carbons (Fsp3) is 0.615. The molecular weight excluding hydrogens is 674 g/mol. The Hall–Kier alpha value is -2.63. The molecule has 272 valence electrons. The zero-order valence-corrected chi connectivity index (χ0v) is 31.2. The highest BCUT2D eigenvalue weighted by Gasteiger charge is 2.44. The first-order valence-electron chi connectivity index (χ1n) is 18.5. The number of ether oxygens (including phenoxy) is 3. The molecule has 1 N–H and O–H groups in total. The Kier molecular flexibility index (Phi) is 10.6. The van der Waals surface area contributed by atoms with E-state index in [0.717, 1.165) is 82.2 Å². The summed E-state index contributed by atoms with van der Waals surface area (Å²) in [6.45, 7) is 11.7. The summed E-state index contributed by atoms with van der Waals surface area (Å²) in [4.78, 5) is 18.4. The van der Waals surface area contributed by atoms with Crippen molar-refractivity contribution in [2.75, 3.05) is 57.5 Å². The number of nitrogens with zero attached hydrogens (tertiary/aromatic N) is 2. The predicted molar refractivity (Wildman–Crippen MR) is 197 cm³/mol. The average Bonchev–Trinajstić information content (AvgIpc) is 3.23. The van der Waals surface area contributed by atoms with Gasteiger partial charge in [0.1, 0.15) is 5.75 Å². The normalized spacial score (nSPS) is 33.6. The van der Waals surface area contributed by atoms with E-state index < -0.39 is 21.2 Å². The van der Waals surface area contributed by atoms with Crippen molar-refractivity contribution in [1.29, 1.82) is 0 Å². The summed E-state index contributed by atoms with van der Waals surface area (Å²) < 4.78 is 48.3. The van der Waals surface area contributed by atoms with Gasteiger partial charge in [-0.2, -0.15) is 0 Å². The van der Waals surface area contributed by atoms with Crippen LogP contribution in [0.1, 0.15) is 74.4 Å². The molecule has 5 aliphatic rings. The molecule has 7 atom stereocenters. The van der Waals surface area contributed by atoms with Gasteiger partial charge in [-0.15, -0.1) is 0 Å². The molecule has 1 spiro atoms. The fourth-order valence-corrected chi connectivity index (χ4v) is 10.2. The van der Waals surface area contributed by atoms with E-state index in [-0.39, 0.29) is 17.4 Å². The van der Waals surface area contributed by atoms with Crippen LogP contribution in [0.3, 0.4) is 0 Å². The number of sulfonamides is 1. The van der Waals surface area contributed by atoms with Gasteiger partial charge in [0.05, 0.1) is 43.5 Å². The van der Waals surface area contributed by atoms with E-state index in [1.807, 2.05) is 25.1 Å². The van der Waals surface area contributed by atoms with Gasteiger partial charge >= 0.3 is 0 Å². The number of rotatable bonds is 4. The highest BCUT2D eigenvalue weighted by molar-refractivity contribution is 7.90. The second kappa shape index (κ2) is 14.8. The Balaban J connectivity index is 1.23. The van der Waals surface area contributed by atoms with Crippen molar-refractivity contribution in [3.8, 4) is 5.75 Å². The van der Waals surface area contributed by atoms with Crippen LogP contribution in [0.2, 0.25) is 5.02 Å². The molecule has 2 fully saturated rings. The second-order valence-electron chi connectivity index (χ2n) is 15.4. The molecular formula is C39H52ClN3O6S. The van der Waals surface area contributed by atoms with Gasteiger partial charge in [0.2, 0.25) is 10.0 Å². The number of halogens is 1. The van der Waals surface area contributed by atoms with E-state index in [1.165, 1.54) is 11.1 Å². The molecule has 2 aliphatic carbocycles. The summed E-state index contributed by atoms with van der Waals surface area (Å²) in [5.41, 5.74) is 3.45. The van der Waals surface area contributed by atoms with Crippen LogP contribution < -0.4 is 14.4 Å². The van der Waals surface area contributed by atoms with Gasteiger partial charge in [-0.25, -0.2) is 13.1 Å². The van der Waals surface area contributed by atoms with Gasteiger partial charge in [-0.1, -0.05) is 36.7 Å². The first-order valence-corrected chi connectivity index (χ1v) is 20.4. The third kappa shape index (κ3) is 7.33. The summed E-state index contributed by atoms with van der Waals surface area (Å²) >= 11 is 6.47. The molecule has 9 nitrogen and oxygen atoms in total. The van der Waals surface area contributed by atoms with Crippen LogP contribution in [0, 0.1) is 17.8 Å². The quantitative estimate of drug-likeness (QED) is 0.385. The summed E-state index contributed by atoms with van der Waals surface area (Å²) in [6, 6.07) is 12.0. The first-order chi connectivity index (χ1) is 24.0. The third-order valence-corrected chi connectivity index (χ3v) is 14.4. The molecule has 2 aromatic carbocycles. The maximum atomic E-state index is 13.5. The summed E-state index contributed by atoms with van der Waals surface area (Å²) in [5, 5.41) is -0.0135. The minimum atomic E-state index is -3.93. The van der Waals surface area contributed by atoms with Crippen LogP contribution in [0.25, 0.3) is 0 Å². The van der Waals surface area contributed by atoms with Crippen molar-refractivity contribution in [3.63, 3.8) is 0 Å². The summed E-state index contributed by atoms with van der Waals surface area (Å²) in [6.07, 6.45) is 9.95. The van der Waals surface area contributed by atoms with Crippen LogP contribution >= 0.6 is 11.6 Å². The largest absolute Gasteiger partial charge is 0.490 e. The Labute approximate surface area is 302 Å². The average molecular weight is 726 g/mol. The predicted octanol–water partition coefficient (Wildman–Crippen LogP) is 5.99. The lowest BCUT2D eigenvalue weighted by Gasteiger charge is -2.46. The van der Waals surface area contributed by atoms with Crippen molar-refractivity contribution in [2.24, 2.45) is 17.8 Å². The molecule has 2 aromatic rings. The third-order valence-electron chi connectivity index (χ3n) is 12.2. The highest BCUT2D eigenvalue weighted by atomic mass is 35.5. The number of allylic oxidation sites excluding steroid dienone is 1. The molecule has 0 unspecified atom stereocenters. The summed E-state index contributed by atoms with van der Waals surface area (Å²) in [7, 11) is -3.93.